The molecule has 0 bridgehead atoms. The number of carbonyl (C=O) groups is 1. The van der Waals surface area contributed by atoms with Gasteiger partial charge in [-0.25, -0.2) is 19.7 Å². The Balaban J connectivity index is 2.06. The fraction of sp³-hybridized carbons (Fsp3) is 0.143. The number of hydrogen-bond donors (Lipinski definition) is 1. The van der Waals surface area contributed by atoms with Crippen LogP contribution in [0.4, 0.5) is 0 Å². The van der Waals surface area contributed by atoms with Gasteiger partial charge in [-0.1, -0.05) is 6.92 Å². The van der Waals surface area contributed by atoms with Gasteiger partial charge in [-0.05, 0) is 36.4 Å². The summed E-state index contributed by atoms with van der Waals surface area (Å²) < 4.78 is 0. The molecule has 7 heteroatoms. The number of aromatic nitrogens is 3. The predicted molar refractivity (Wildman–Crippen MR) is 82.1 cm³/mol. The number of thiophene rings is 1. The van der Waals surface area contributed by atoms with Crippen LogP contribution in [0, 0.1) is 0 Å². The van der Waals surface area contributed by atoms with Crippen LogP contribution in [0.15, 0.2) is 40.8 Å². The summed E-state index contributed by atoms with van der Waals surface area (Å²) >= 11 is 2.89. The van der Waals surface area contributed by atoms with Crippen LogP contribution in [0.5, 0.6) is 0 Å². The molecule has 0 aliphatic rings. The van der Waals surface area contributed by atoms with Crippen molar-refractivity contribution in [3.63, 3.8) is 0 Å². The summed E-state index contributed by atoms with van der Waals surface area (Å²) in [7, 11) is 0. The topological polar surface area (TPSA) is 76.0 Å². The molecule has 0 saturated heterocycles. The van der Waals surface area contributed by atoms with Crippen LogP contribution in [0.3, 0.4) is 0 Å². The Labute approximate surface area is 129 Å². The van der Waals surface area contributed by atoms with E-state index in [9.17, 15) is 9.90 Å². The molecule has 21 heavy (non-hydrogen) atoms. The number of fused-ring (bicyclic) bond motifs is 1. The molecule has 0 saturated carbocycles. The number of nitrogens with zero attached hydrogens (tertiary/aromatic N) is 3. The van der Waals surface area contributed by atoms with E-state index < -0.39 is 5.97 Å². The molecule has 3 aromatic rings. The van der Waals surface area contributed by atoms with E-state index in [0.29, 0.717) is 5.03 Å². The average Bonchev–Trinajstić information content (AvgIpc) is 2.92. The van der Waals surface area contributed by atoms with E-state index in [4.69, 9.17) is 0 Å². The van der Waals surface area contributed by atoms with E-state index in [2.05, 4.69) is 27.9 Å². The lowest BCUT2D eigenvalue weighted by molar-refractivity contribution is 0.0692. The molecule has 5 nitrogen and oxygen atoms in total. The van der Waals surface area contributed by atoms with E-state index in [-0.39, 0.29) is 5.56 Å². The van der Waals surface area contributed by atoms with Gasteiger partial charge in [-0.3, -0.25) is 0 Å². The maximum absolute atomic E-state index is 11.2. The van der Waals surface area contributed by atoms with Gasteiger partial charge < -0.3 is 5.11 Å². The first kappa shape index (κ1) is 14.0. The minimum atomic E-state index is -0.990. The van der Waals surface area contributed by atoms with Crippen LogP contribution < -0.4 is 0 Å². The highest BCUT2D eigenvalue weighted by Gasteiger charge is 2.15. The molecule has 0 unspecified atom stereocenters. The van der Waals surface area contributed by atoms with Gasteiger partial charge in [0.25, 0.3) is 0 Å². The highest BCUT2D eigenvalue weighted by Crippen LogP contribution is 2.35. The highest BCUT2D eigenvalue weighted by atomic mass is 32.2. The minimum Gasteiger partial charge on any atom is -0.478 e. The van der Waals surface area contributed by atoms with Gasteiger partial charge in [0.2, 0.25) is 0 Å². The van der Waals surface area contributed by atoms with Crippen molar-refractivity contribution in [2.45, 2.75) is 23.4 Å². The Kier molecular flexibility index (Phi) is 3.85. The third-order valence-corrected chi connectivity index (χ3v) is 5.11. The van der Waals surface area contributed by atoms with Crippen molar-refractivity contribution in [3.8, 4) is 0 Å². The average molecular weight is 317 g/mol. The summed E-state index contributed by atoms with van der Waals surface area (Å²) in [6.45, 7) is 2.09. The monoisotopic (exact) mass is 317 g/mol. The molecule has 0 atom stereocenters. The van der Waals surface area contributed by atoms with E-state index in [1.807, 2.05) is 0 Å². The molecule has 0 fully saturated rings. The largest absolute Gasteiger partial charge is 0.478 e. The number of aromatic carboxylic acids is 1. The maximum Gasteiger partial charge on any atom is 0.338 e. The summed E-state index contributed by atoms with van der Waals surface area (Å²) in [4.78, 5) is 26.1. The molecule has 3 rings (SSSR count). The van der Waals surface area contributed by atoms with Crippen molar-refractivity contribution in [2.75, 3.05) is 0 Å². The molecule has 0 radical (unpaired) electrons. The van der Waals surface area contributed by atoms with Crippen LogP contribution in [-0.2, 0) is 6.42 Å². The van der Waals surface area contributed by atoms with Gasteiger partial charge in [0.05, 0.1) is 5.56 Å². The van der Waals surface area contributed by atoms with Crippen molar-refractivity contribution < 1.29 is 9.90 Å². The first-order chi connectivity index (χ1) is 10.2. The molecule has 0 amide bonds. The molecule has 1 N–H and O–H groups in total. The van der Waals surface area contributed by atoms with Gasteiger partial charge >= 0.3 is 5.97 Å². The Morgan fingerprint density at radius 1 is 1.33 bits per heavy atom. The number of pyridine rings is 1. The molecular formula is C14H11N3O2S2. The van der Waals surface area contributed by atoms with Crippen molar-refractivity contribution in [1.82, 2.24) is 15.0 Å². The molecule has 0 aliphatic heterocycles. The Morgan fingerprint density at radius 2 is 2.19 bits per heavy atom. The lowest BCUT2D eigenvalue weighted by Gasteiger charge is -2.04. The minimum absolute atomic E-state index is 0.181. The Hall–Kier alpha value is -1.99. The fourth-order valence-corrected chi connectivity index (χ4v) is 3.79. The zero-order valence-corrected chi connectivity index (χ0v) is 12.7. The van der Waals surface area contributed by atoms with E-state index in [1.54, 1.807) is 29.7 Å². The van der Waals surface area contributed by atoms with E-state index in [1.165, 1.54) is 23.0 Å². The molecule has 3 heterocycles. The normalized spacial score (nSPS) is 10.9. The van der Waals surface area contributed by atoms with Crippen LogP contribution in [0.2, 0.25) is 0 Å². The molecule has 0 spiro atoms. The summed E-state index contributed by atoms with van der Waals surface area (Å²) in [6, 6.07) is 5.22. The molecular weight excluding hydrogens is 306 g/mol. The zero-order chi connectivity index (χ0) is 14.8. The van der Waals surface area contributed by atoms with Crippen molar-refractivity contribution >= 4 is 39.3 Å². The van der Waals surface area contributed by atoms with Gasteiger partial charge in [-0.2, -0.15) is 0 Å². The molecule has 0 aliphatic carbocycles. The van der Waals surface area contributed by atoms with Crippen LogP contribution >= 0.6 is 23.1 Å². The number of aryl methyl sites for hydroxylation is 1. The van der Waals surface area contributed by atoms with Crippen LogP contribution in [-0.4, -0.2) is 26.0 Å². The Morgan fingerprint density at radius 3 is 2.95 bits per heavy atom. The zero-order valence-electron chi connectivity index (χ0n) is 11.1. The van der Waals surface area contributed by atoms with Gasteiger partial charge in [0.1, 0.15) is 21.2 Å². The number of rotatable bonds is 4. The molecule has 0 aromatic carbocycles. The first-order valence-corrected chi connectivity index (χ1v) is 7.92. The fourth-order valence-electron chi connectivity index (χ4n) is 1.87. The third kappa shape index (κ3) is 2.74. The van der Waals surface area contributed by atoms with Crippen LogP contribution in [0.25, 0.3) is 10.2 Å². The molecule has 106 valence electrons. The Bertz CT molecular complexity index is 817. The van der Waals surface area contributed by atoms with Gasteiger partial charge in [0, 0.05) is 16.5 Å². The lowest BCUT2D eigenvalue weighted by Crippen LogP contribution is -2.00. The van der Waals surface area contributed by atoms with E-state index in [0.717, 1.165) is 21.7 Å². The lowest BCUT2D eigenvalue weighted by atomic mass is 10.3. The first-order valence-electron chi connectivity index (χ1n) is 6.28. The van der Waals surface area contributed by atoms with Crippen molar-refractivity contribution in [2.24, 2.45) is 0 Å². The molecule has 3 aromatic heterocycles. The summed E-state index contributed by atoms with van der Waals surface area (Å²) in [6.07, 6.45) is 4.03. The van der Waals surface area contributed by atoms with Crippen molar-refractivity contribution in [1.29, 1.82) is 0 Å². The number of hydrogen-bond acceptors (Lipinski definition) is 6. The summed E-state index contributed by atoms with van der Waals surface area (Å²) in [5.41, 5.74) is 0.181. The summed E-state index contributed by atoms with van der Waals surface area (Å²) in [5, 5.41) is 11.3. The number of carboxylic acids is 1. The SMILES string of the molecule is CCc1cc2c(Sc3ncccc3C(=O)O)ncnc2s1. The second-order valence-electron chi connectivity index (χ2n) is 4.23. The number of carboxylic acid groups (broad SMARTS) is 1. The standard InChI is InChI=1S/C14H11N3O2S2/c1-2-8-6-10-12(20-8)16-7-17-13(10)21-11-9(14(18)19)4-3-5-15-11/h3-7H,2H2,1H3,(H,18,19). The quantitative estimate of drug-likeness (QED) is 0.742. The second-order valence-corrected chi connectivity index (χ2v) is 6.32. The predicted octanol–water partition coefficient (Wildman–Crippen LogP) is 3.50. The van der Waals surface area contributed by atoms with Crippen LogP contribution in [0.1, 0.15) is 22.2 Å². The van der Waals surface area contributed by atoms with E-state index >= 15 is 0 Å². The maximum atomic E-state index is 11.2. The second kappa shape index (κ2) is 5.79. The van der Waals surface area contributed by atoms with Gasteiger partial charge in [-0.15, -0.1) is 11.3 Å². The third-order valence-electron chi connectivity index (χ3n) is 2.89. The van der Waals surface area contributed by atoms with Crippen molar-refractivity contribution in [3.05, 3.63) is 41.2 Å². The van der Waals surface area contributed by atoms with Gasteiger partial charge in [0.15, 0.2) is 0 Å². The summed E-state index contributed by atoms with van der Waals surface area (Å²) in [5.74, 6) is -0.990. The highest BCUT2D eigenvalue weighted by molar-refractivity contribution is 7.99. The smallest absolute Gasteiger partial charge is 0.338 e.